The summed E-state index contributed by atoms with van der Waals surface area (Å²) in [5, 5.41) is 12.1. The Balaban J connectivity index is 1.62. The fourth-order valence-electron chi connectivity index (χ4n) is 3.19. The molecule has 3 rings (SSSR count). The molecule has 0 aliphatic carbocycles. The van der Waals surface area contributed by atoms with Crippen molar-refractivity contribution in [2.24, 2.45) is 0 Å². The van der Waals surface area contributed by atoms with E-state index in [1.807, 2.05) is 6.92 Å². The number of benzene rings is 2. The zero-order chi connectivity index (χ0) is 24.7. The minimum Gasteiger partial charge on any atom is -0.486 e. The molecule has 1 aromatic heterocycles. The normalized spacial score (nSPS) is 10.8. The number of ether oxygens (including phenoxy) is 1. The largest absolute Gasteiger partial charge is 0.486 e. The van der Waals surface area contributed by atoms with Gasteiger partial charge in [0, 0.05) is 18.0 Å². The van der Waals surface area contributed by atoms with E-state index < -0.39 is 30.1 Å². The first-order valence-corrected chi connectivity index (χ1v) is 10.9. The number of halogens is 2. The van der Waals surface area contributed by atoms with Crippen molar-refractivity contribution >= 4 is 24.5 Å². The van der Waals surface area contributed by atoms with Crippen LogP contribution in [-0.2, 0) is 11.4 Å². The lowest BCUT2D eigenvalue weighted by molar-refractivity contribution is -0.137. The number of furan rings is 1. The maximum Gasteiger partial charge on any atom is 0.323 e. The molecule has 7 nitrogen and oxygen atoms in total. The molecule has 1 amide bonds. The Kier molecular flexibility index (Phi) is 8.67. The van der Waals surface area contributed by atoms with Crippen LogP contribution in [0.25, 0.3) is 11.1 Å². The first-order valence-electron chi connectivity index (χ1n) is 10.5. The van der Waals surface area contributed by atoms with Gasteiger partial charge < -0.3 is 24.5 Å². The molecule has 0 spiro atoms. The molecular weight excluding hydrogens is 466 g/mol. The van der Waals surface area contributed by atoms with Gasteiger partial charge in [0.1, 0.15) is 24.7 Å². The molecule has 0 radical (unpaired) electrons. The lowest BCUT2D eigenvalue weighted by Gasteiger charge is -2.19. The van der Waals surface area contributed by atoms with Crippen LogP contribution in [0.2, 0.25) is 0 Å². The molecule has 0 saturated heterocycles. The molecule has 0 aliphatic heterocycles. The molecule has 34 heavy (non-hydrogen) atoms. The minimum absolute atomic E-state index is 0.0198. The van der Waals surface area contributed by atoms with E-state index in [2.05, 4.69) is 17.9 Å². The summed E-state index contributed by atoms with van der Waals surface area (Å²) in [5.74, 6) is -2.66. The topological polar surface area (TPSA) is 92.0 Å². The van der Waals surface area contributed by atoms with Crippen LogP contribution < -0.4 is 10.1 Å². The number of amides is 1. The maximum absolute atomic E-state index is 13.6. The Hall–Kier alpha value is -3.37. The van der Waals surface area contributed by atoms with Gasteiger partial charge in [0.25, 0.3) is 5.91 Å². The molecule has 3 aromatic rings. The third kappa shape index (κ3) is 6.58. The number of aliphatic carboxylic acids is 1. The molecule has 10 heteroatoms. The van der Waals surface area contributed by atoms with Crippen molar-refractivity contribution in [3.63, 3.8) is 0 Å². The van der Waals surface area contributed by atoms with Crippen LogP contribution in [0.15, 0.2) is 57.8 Å². The predicted molar refractivity (Wildman–Crippen MR) is 124 cm³/mol. The quantitative estimate of drug-likeness (QED) is 0.275. The molecular formula is C24H24F2N2O5S. The van der Waals surface area contributed by atoms with E-state index in [4.69, 9.17) is 14.3 Å². The van der Waals surface area contributed by atoms with Gasteiger partial charge in [-0.15, -0.1) is 12.6 Å². The van der Waals surface area contributed by atoms with Gasteiger partial charge in [-0.2, -0.15) is 0 Å². The van der Waals surface area contributed by atoms with Crippen molar-refractivity contribution < 1.29 is 32.6 Å². The fourth-order valence-corrected chi connectivity index (χ4v) is 3.49. The van der Waals surface area contributed by atoms with E-state index in [-0.39, 0.29) is 18.9 Å². The Bertz CT molecular complexity index is 1150. The van der Waals surface area contributed by atoms with Crippen LogP contribution in [-0.4, -0.2) is 48.1 Å². The third-order valence-electron chi connectivity index (χ3n) is 4.88. The average Bonchev–Trinajstić information content (AvgIpc) is 3.28. The summed E-state index contributed by atoms with van der Waals surface area (Å²) in [7, 11) is 0. The summed E-state index contributed by atoms with van der Waals surface area (Å²) in [6.45, 7) is 2.90. The number of carbonyl (C=O) groups is 2. The zero-order valence-corrected chi connectivity index (χ0v) is 19.3. The highest BCUT2D eigenvalue weighted by atomic mass is 32.1. The number of nitrogens with one attached hydrogen (secondary N) is 1. The molecule has 2 aromatic carbocycles. The molecule has 2 N–H and O–H groups in total. The highest BCUT2D eigenvalue weighted by Crippen LogP contribution is 2.30. The molecule has 0 aliphatic rings. The summed E-state index contributed by atoms with van der Waals surface area (Å²) >= 11 is 4.20. The van der Waals surface area contributed by atoms with E-state index in [0.717, 1.165) is 12.1 Å². The third-order valence-corrected chi connectivity index (χ3v) is 5.25. The zero-order valence-electron chi connectivity index (χ0n) is 18.4. The molecule has 0 unspecified atom stereocenters. The van der Waals surface area contributed by atoms with Crippen molar-refractivity contribution in [3.8, 4) is 16.9 Å². The van der Waals surface area contributed by atoms with Crippen molar-refractivity contribution in [2.75, 3.05) is 26.2 Å². The van der Waals surface area contributed by atoms with Crippen molar-refractivity contribution in [3.05, 3.63) is 71.7 Å². The van der Waals surface area contributed by atoms with Crippen LogP contribution >= 0.6 is 12.6 Å². The van der Waals surface area contributed by atoms with Gasteiger partial charge in [-0.25, -0.2) is 8.78 Å². The van der Waals surface area contributed by atoms with E-state index in [9.17, 15) is 18.4 Å². The second-order valence-electron chi connectivity index (χ2n) is 7.34. The van der Waals surface area contributed by atoms with Crippen molar-refractivity contribution in [2.45, 2.75) is 18.4 Å². The van der Waals surface area contributed by atoms with Gasteiger partial charge in [0.2, 0.25) is 0 Å². The minimum atomic E-state index is -1.11. The highest BCUT2D eigenvalue weighted by molar-refractivity contribution is 7.80. The number of hydrogen-bond acceptors (Lipinski definition) is 6. The van der Waals surface area contributed by atoms with Crippen LogP contribution in [0.3, 0.4) is 0 Å². The molecule has 0 atom stereocenters. The number of carboxylic acids is 1. The Morgan fingerprint density at radius 3 is 2.50 bits per heavy atom. The summed E-state index contributed by atoms with van der Waals surface area (Å²) in [4.78, 5) is 25.3. The van der Waals surface area contributed by atoms with Crippen molar-refractivity contribution in [1.82, 2.24) is 10.2 Å². The number of hydrogen-bond donors (Lipinski definition) is 3. The Morgan fingerprint density at radius 1 is 1.12 bits per heavy atom. The monoisotopic (exact) mass is 490 g/mol. The maximum atomic E-state index is 13.6. The standard InChI is InChI=1S/C24H24F2N2O5S/c1-2-27-9-10-28(13-23(29)30)24(31)21-8-7-17(33-21)14-32-16-5-3-15(4-6-16)18-11-19(25)20(26)12-22(18)34/h3-8,11-12,27,34H,2,9-10,13-14H2,1H3,(H,29,30). The predicted octanol–water partition coefficient (Wildman–Crippen LogP) is 4.23. The molecule has 1 heterocycles. The lowest BCUT2D eigenvalue weighted by atomic mass is 10.1. The van der Waals surface area contributed by atoms with Gasteiger partial charge in [0.15, 0.2) is 17.4 Å². The van der Waals surface area contributed by atoms with Gasteiger partial charge in [-0.3, -0.25) is 9.59 Å². The first-order chi connectivity index (χ1) is 16.3. The molecule has 180 valence electrons. The number of carbonyl (C=O) groups excluding carboxylic acids is 1. The fraction of sp³-hybridized carbons (Fsp3) is 0.250. The number of carboxylic acid groups (broad SMARTS) is 1. The highest BCUT2D eigenvalue weighted by Gasteiger charge is 2.21. The van der Waals surface area contributed by atoms with Crippen molar-refractivity contribution in [1.29, 1.82) is 0 Å². The Labute approximate surface area is 200 Å². The number of nitrogens with zero attached hydrogens (tertiary/aromatic N) is 1. The SMILES string of the molecule is CCNCCN(CC(=O)O)C(=O)c1ccc(COc2ccc(-c3cc(F)c(F)cc3S)cc2)o1. The number of likely N-dealkylation sites (N-methyl/N-ethyl adjacent to an activating group) is 1. The van der Waals surface area contributed by atoms with E-state index >= 15 is 0 Å². The second-order valence-corrected chi connectivity index (χ2v) is 7.82. The molecule has 0 saturated carbocycles. The van der Waals surface area contributed by atoms with Gasteiger partial charge in [-0.1, -0.05) is 19.1 Å². The van der Waals surface area contributed by atoms with E-state index in [0.29, 0.717) is 40.6 Å². The first kappa shape index (κ1) is 25.3. The molecule has 0 fully saturated rings. The summed E-state index contributed by atoms with van der Waals surface area (Å²) < 4.78 is 38.1. The van der Waals surface area contributed by atoms with Crippen LogP contribution in [0, 0.1) is 11.6 Å². The summed E-state index contributed by atoms with van der Waals surface area (Å²) in [6, 6.07) is 11.9. The van der Waals surface area contributed by atoms with Crippen LogP contribution in [0.4, 0.5) is 8.78 Å². The Morgan fingerprint density at radius 2 is 1.82 bits per heavy atom. The second kappa shape index (κ2) is 11.7. The summed E-state index contributed by atoms with van der Waals surface area (Å²) in [5.41, 5.74) is 1.08. The smallest absolute Gasteiger partial charge is 0.323 e. The van der Waals surface area contributed by atoms with Crippen LogP contribution in [0.1, 0.15) is 23.2 Å². The van der Waals surface area contributed by atoms with E-state index in [1.165, 1.54) is 11.0 Å². The summed E-state index contributed by atoms with van der Waals surface area (Å²) in [6.07, 6.45) is 0. The van der Waals surface area contributed by atoms with Gasteiger partial charge in [-0.05, 0) is 54.1 Å². The number of rotatable bonds is 11. The van der Waals surface area contributed by atoms with Gasteiger partial charge >= 0.3 is 5.97 Å². The van der Waals surface area contributed by atoms with E-state index in [1.54, 1.807) is 30.3 Å². The molecule has 0 bridgehead atoms. The lowest BCUT2D eigenvalue weighted by Crippen LogP contribution is -2.40. The van der Waals surface area contributed by atoms with Crippen LogP contribution in [0.5, 0.6) is 5.75 Å². The average molecular weight is 491 g/mol. The number of thiol groups is 1. The van der Waals surface area contributed by atoms with Gasteiger partial charge in [0.05, 0.1) is 0 Å².